The van der Waals surface area contributed by atoms with Gasteiger partial charge in [0.2, 0.25) is 0 Å². The lowest BCUT2D eigenvalue weighted by Gasteiger charge is -2.07. The van der Waals surface area contributed by atoms with Crippen LogP contribution in [0.1, 0.15) is 12.5 Å². The van der Waals surface area contributed by atoms with Crippen molar-refractivity contribution in [2.24, 2.45) is 0 Å². The smallest absolute Gasteiger partial charge is 0.147 e. The zero-order chi connectivity index (χ0) is 9.84. The number of pyridine rings is 1. The quantitative estimate of drug-likeness (QED) is 0.687. The molecule has 0 atom stereocenters. The summed E-state index contributed by atoms with van der Waals surface area (Å²) in [6.45, 7) is 2.27. The molecule has 0 aliphatic rings. The second-order valence-electron chi connectivity index (χ2n) is 2.35. The number of nitrogen functional groups attached to an aromatic ring is 2. The van der Waals surface area contributed by atoms with Crippen molar-refractivity contribution in [2.75, 3.05) is 18.1 Å². The molecule has 0 saturated carbocycles. The van der Waals surface area contributed by atoms with Crippen molar-refractivity contribution in [1.82, 2.24) is 4.98 Å². The fourth-order valence-corrected chi connectivity index (χ4v) is 0.942. The number of hydrogen-bond acceptors (Lipinski definition) is 5. The van der Waals surface area contributed by atoms with Gasteiger partial charge in [-0.25, -0.2) is 4.98 Å². The number of aromatic nitrogens is 1. The zero-order valence-corrected chi connectivity index (χ0v) is 7.24. The fourth-order valence-electron chi connectivity index (χ4n) is 0.942. The lowest BCUT2D eigenvalue weighted by molar-refractivity contribution is 0.339. The van der Waals surface area contributed by atoms with E-state index in [1.807, 2.05) is 13.0 Å². The van der Waals surface area contributed by atoms with Crippen LogP contribution in [0.15, 0.2) is 6.07 Å². The molecule has 1 aromatic rings. The summed E-state index contributed by atoms with van der Waals surface area (Å²) < 4.78 is 5.17. The molecular formula is C8H10N4O. The molecule has 0 aliphatic carbocycles. The average molecular weight is 178 g/mol. The van der Waals surface area contributed by atoms with Crippen molar-refractivity contribution in [3.63, 3.8) is 0 Å². The van der Waals surface area contributed by atoms with Gasteiger partial charge >= 0.3 is 0 Å². The van der Waals surface area contributed by atoms with E-state index in [0.717, 1.165) is 0 Å². The van der Waals surface area contributed by atoms with Gasteiger partial charge in [-0.2, -0.15) is 5.26 Å². The predicted octanol–water partition coefficient (Wildman–Crippen LogP) is 0.516. The summed E-state index contributed by atoms with van der Waals surface area (Å²) in [7, 11) is 0. The molecule has 13 heavy (non-hydrogen) atoms. The maximum atomic E-state index is 8.73. The third-order valence-electron chi connectivity index (χ3n) is 1.44. The first kappa shape index (κ1) is 9.13. The van der Waals surface area contributed by atoms with Crippen LogP contribution in [-0.2, 0) is 0 Å². The Morgan fingerprint density at radius 2 is 2.31 bits per heavy atom. The average Bonchev–Trinajstić information content (AvgIpc) is 2.04. The summed E-state index contributed by atoms with van der Waals surface area (Å²) in [6.07, 6.45) is 0. The lowest BCUT2D eigenvalue weighted by Crippen LogP contribution is -2.03. The van der Waals surface area contributed by atoms with Gasteiger partial charge < -0.3 is 16.2 Å². The number of nitriles is 1. The van der Waals surface area contributed by atoms with E-state index in [0.29, 0.717) is 12.4 Å². The molecule has 0 aliphatic heterocycles. The van der Waals surface area contributed by atoms with Crippen LogP contribution in [0.4, 0.5) is 11.6 Å². The Balaban J connectivity index is 3.23. The molecule has 1 heterocycles. The highest BCUT2D eigenvalue weighted by molar-refractivity contribution is 5.60. The number of hydrogen-bond donors (Lipinski definition) is 2. The van der Waals surface area contributed by atoms with Gasteiger partial charge in [-0.15, -0.1) is 0 Å². The Morgan fingerprint density at radius 1 is 1.62 bits per heavy atom. The van der Waals surface area contributed by atoms with Crippen molar-refractivity contribution >= 4 is 11.6 Å². The number of nitrogens with two attached hydrogens (primary N) is 2. The van der Waals surface area contributed by atoms with Crippen LogP contribution in [-0.4, -0.2) is 11.6 Å². The predicted molar refractivity (Wildman–Crippen MR) is 48.9 cm³/mol. The van der Waals surface area contributed by atoms with E-state index in [2.05, 4.69) is 4.98 Å². The van der Waals surface area contributed by atoms with Crippen LogP contribution < -0.4 is 16.2 Å². The molecule has 68 valence electrons. The molecule has 0 saturated heterocycles. The first-order valence-electron chi connectivity index (χ1n) is 3.78. The van der Waals surface area contributed by atoms with Crippen LogP contribution >= 0.6 is 0 Å². The van der Waals surface area contributed by atoms with Crippen LogP contribution in [0.2, 0.25) is 0 Å². The molecular weight excluding hydrogens is 168 g/mol. The Labute approximate surface area is 75.9 Å². The van der Waals surface area contributed by atoms with E-state index in [1.54, 1.807) is 0 Å². The summed E-state index contributed by atoms with van der Waals surface area (Å²) in [5, 5.41) is 8.73. The Hall–Kier alpha value is -1.96. The maximum Gasteiger partial charge on any atom is 0.147 e. The maximum absolute atomic E-state index is 8.73. The van der Waals surface area contributed by atoms with Crippen molar-refractivity contribution < 1.29 is 4.74 Å². The zero-order valence-electron chi connectivity index (χ0n) is 7.24. The normalized spacial score (nSPS) is 9.23. The van der Waals surface area contributed by atoms with Gasteiger partial charge in [-0.05, 0) is 6.92 Å². The number of anilines is 2. The molecule has 0 unspecified atom stereocenters. The Kier molecular flexibility index (Phi) is 2.55. The van der Waals surface area contributed by atoms with Crippen LogP contribution in [0, 0.1) is 11.3 Å². The van der Waals surface area contributed by atoms with Crippen molar-refractivity contribution in [2.45, 2.75) is 6.92 Å². The van der Waals surface area contributed by atoms with E-state index >= 15 is 0 Å². The summed E-state index contributed by atoms with van der Waals surface area (Å²) >= 11 is 0. The molecule has 0 aromatic carbocycles. The molecule has 0 radical (unpaired) electrons. The van der Waals surface area contributed by atoms with E-state index in [-0.39, 0.29) is 17.2 Å². The van der Waals surface area contributed by atoms with Crippen LogP contribution in [0.5, 0.6) is 5.75 Å². The van der Waals surface area contributed by atoms with Crippen molar-refractivity contribution in [3.05, 3.63) is 11.6 Å². The SMILES string of the molecule is CCOc1cc(N)nc(N)c1C#N. The fraction of sp³-hybridized carbons (Fsp3) is 0.250. The van der Waals surface area contributed by atoms with Crippen LogP contribution in [0.25, 0.3) is 0 Å². The van der Waals surface area contributed by atoms with Gasteiger partial charge in [0.25, 0.3) is 0 Å². The largest absolute Gasteiger partial charge is 0.492 e. The standard InChI is InChI=1S/C8H10N4O/c1-2-13-6-3-7(10)12-8(11)5(6)4-9/h3H,2H2,1H3,(H4,10,11,12). The molecule has 5 heteroatoms. The molecule has 1 rings (SSSR count). The van der Waals surface area contributed by atoms with E-state index in [9.17, 15) is 0 Å². The number of nitrogens with zero attached hydrogens (tertiary/aromatic N) is 2. The summed E-state index contributed by atoms with van der Waals surface area (Å²) in [4.78, 5) is 3.74. The molecule has 0 fully saturated rings. The third-order valence-corrected chi connectivity index (χ3v) is 1.44. The summed E-state index contributed by atoms with van der Waals surface area (Å²) in [5.41, 5.74) is 11.1. The van der Waals surface area contributed by atoms with Gasteiger partial charge in [0, 0.05) is 6.07 Å². The van der Waals surface area contributed by atoms with Gasteiger partial charge in [-0.1, -0.05) is 0 Å². The molecule has 5 nitrogen and oxygen atoms in total. The molecule has 1 aromatic heterocycles. The number of ether oxygens (including phenoxy) is 1. The minimum absolute atomic E-state index is 0.103. The van der Waals surface area contributed by atoms with Crippen molar-refractivity contribution in [1.29, 1.82) is 5.26 Å². The van der Waals surface area contributed by atoms with Gasteiger partial charge in [0.05, 0.1) is 6.61 Å². The minimum atomic E-state index is 0.103. The van der Waals surface area contributed by atoms with E-state index in [1.165, 1.54) is 6.07 Å². The lowest BCUT2D eigenvalue weighted by atomic mass is 10.2. The highest BCUT2D eigenvalue weighted by atomic mass is 16.5. The Morgan fingerprint density at radius 3 is 2.85 bits per heavy atom. The first-order chi connectivity index (χ1) is 6.19. The highest BCUT2D eigenvalue weighted by Crippen LogP contribution is 2.24. The van der Waals surface area contributed by atoms with E-state index in [4.69, 9.17) is 21.5 Å². The second-order valence-corrected chi connectivity index (χ2v) is 2.35. The minimum Gasteiger partial charge on any atom is -0.492 e. The topological polar surface area (TPSA) is 97.9 Å². The van der Waals surface area contributed by atoms with Crippen molar-refractivity contribution in [3.8, 4) is 11.8 Å². The second kappa shape index (κ2) is 3.63. The van der Waals surface area contributed by atoms with Gasteiger partial charge in [0.1, 0.15) is 29.0 Å². The molecule has 0 amide bonds. The van der Waals surface area contributed by atoms with Gasteiger partial charge in [-0.3, -0.25) is 0 Å². The molecule has 4 N–H and O–H groups in total. The third kappa shape index (κ3) is 1.79. The Bertz CT molecular complexity index is 356. The highest BCUT2D eigenvalue weighted by Gasteiger charge is 2.09. The van der Waals surface area contributed by atoms with E-state index < -0.39 is 0 Å². The summed E-state index contributed by atoms with van der Waals surface area (Å²) in [5.74, 6) is 0.737. The van der Waals surface area contributed by atoms with Gasteiger partial charge in [0.15, 0.2) is 0 Å². The monoisotopic (exact) mass is 178 g/mol. The van der Waals surface area contributed by atoms with Crippen LogP contribution in [0.3, 0.4) is 0 Å². The molecule has 0 spiro atoms. The number of rotatable bonds is 2. The molecule has 0 bridgehead atoms. The first-order valence-corrected chi connectivity index (χ1v) is 3.78. The summed E-state index contributed by atoms with van der Waals surface area (Å²) in [6, 6.07) is 3.39.